The molecule has 1 amide bonds. The second-order valence-electron chi connectivity index (χ2n) is 5.51. The molecule has 1 N–H and O–H groups in total. The van der Waals surface area contributed by atoms with Crippen LogP contribution in [0.25, 0.3) is 0 Å². The first-order valence-corrected chi connectivity index (χ1v) is 10.0. The van der Waals surface area contributed by atoms with Crippen LogP contribution in [0.5, 0.6) is 0 Å². The van der Waals surface area contributed by atoms with Crippen molar-refractivity contribution in [3.63, 3.8) is 0 Å². The molecule has 1 atom stereocenters. The zero-order valence-electron chi connectivity index (χ0n) is 12.9. The molecule has 0 saturated carbocycles. The molecule has 2 aromatic heterocycles. The van der Waals surface area contributed by atoms with Crippen LogP contribution in [0.2, 0.25) is 4.34 Å². The van der Waals surface area contributed by atoms with E-state index < -0.39 is 22.0 Å². The zero-order valence-corrected chi connectivity index (χ0v) is 15.2. The van der Waals surface area contributed by atoms with Gasteiger partial charge in [0, 0.05) is 12.6 Å². The summed E-state index contributed by atoms with van der Waals surface area (Å²) in [6, 6.07) is 3.80. The number of carbonyl (C=O) groups is 1. The average Bonchev–Trinajstić information content (AvgIpc) is 3.16. The predicted octanol–water partition coefficient (Wildman–Crippen LogP) is 2.88. The minimum Gasteiger partial charge on any atom is -0.338 e. The van der Waals surface area contributed by atoms with Crippen LogP contribution in [0.1, 0.15) is 25.0 Å². The van der Waals surface area contributed by atoms with Crippen LogP contribution in [-0.4, -0.2) is 36.4 Å². The molecule has 0 bridgehead atoms. The Morgan fingerprint density at radius 3 is 2.88 bits per heavy atom. The van der Waals surface area contributed by atoms with Gasteiger partial charge < -0.3 is 4.52 Å². The largest absolute Gasteiger partial charge is 0.338 e. The van der Waals surface area contributed by atoms with Gasteiger partial charge in [0.15, 0.2) is 0 Å². The van der Waals surface area contributed by atoms with Crippen LogP contribution < -0.4 is 5.32 Å². The number of rotatable bonds is 4. The molecule has 1 aliphatic rings. The van der Waals surface area contributed by atoms with Crippen LogP contribution >= 0.6 is 22.9 Å². The maximum atomic E-state index is 12.8. The third-order valence-corrected chi connectivity index (χ3v) is 7.35. The van der Waals surface area contributed by atoms with Crippen molar-refractivity contribution in [1.82, 2.24) is 9.46 Å². The lowest BCUT2D eigenvalue weighted by Crippen LogP contribution is -2.49. The van der Waals surface area contributed by atoms with Gasteiger partial charge in [-0.1, -0.05) is 23.2 Å². The van der Waals surface area contributed by atoms with E-state index >= 15 is 0 Å². The van der Waals surface area contributed by atoms with Crippen molar-refractivity contribution in [2.45, 2.75) is 36.4 Å². The fourth-order valence-corrected chi connectivity index (χ4v) is 5.90. The lowest BCUT2D eigenvalue weighted by molar-refractivity contribution is -0.120. The number of aryl methyl sites for hydroxylation is 1. The fourth-order valence-electron chi connectivity index (χ4n) is 2.63. The van der Waals surface area contributed by atoms with Gasteiger partial charge in [0.25, 0.3) is 10.0 Å². The van der Waals surface area contributed by atoms with Crippen molar-refractivity contribution in [2.75, 3.05) is 11.9 Å². The molecule has 1 fully saturated rings. The first kappa shape index (κ1) is 17.4. The maximum absolute atomic E-state index is 12.8. The highest BCUT2D eigenvalue weighted by Crippen LogP contribution is 2.32. The molecule has 1 unspecified atom stereocenters. The number of amides is 1. The van der Waals surface area contributed by atoms with Crippen LogP contribution in [0.4, 0.5) is 5.88 Å². The Labute approximate surface area is 148 Å². The lowest BCUT2D eigenvalue weighted by Gasteiger charge is -2.32. The van der Waals surface area contributed by atoms with Crippen molar-refractivity contribution in [3.8, 4) is 0 Å². The lowest BCUT2D eigenvalue weighted by atomic mass is 10.0. The van der Waals surface area contributed by atoms with Gasteiger partial charge >= 0.3 is 0 Å². The summed E-state index contributed by atoms with van der Waals surface area (Å²) in [5.74, 6) is -0.211. The van der Waals surface area contributed by atoms with Gasteiger partial charge in [0.05, 0.1) is 10.0 Å². The molecule has 3 heterocycles. The minimum atomic E-state index is -3.76. The number of nitrogens with zero attached hydrogens (tertiary/aromatic N) is 2. The summed E-state index contributed by atoms with van der Waals surface area (Å²) in [5.41, 5.74) is 0.631. The first-order chi connectivity index (χ1) is 11.4. The summed E-state index contributed by atoms with van der Waals surface area (Å²) in [7, 11) is -3.76. The van der Waals surface area contributed by atoms with Gasteiger partial charge in [-0.25, -0.2) is 8.42 Å². The number of aromatic nitrogens is 1. The molecule has 130 valence electrons. The van der Waals surface area contributed by atoms with Crippen molar-refractivity contribution in [2.24, 2.45) is 0 Å². The molecule has 3 rings (SSSR count). The molecule has 10 heteroatoms. The standard InChI is InChI=1S/C14H16ClN3O4S2/c1-9-8-12(22-17-9)16-14(19)10-4-2-3-7-18(10)24(20,21)13-6-5-11(15)23-13/h5-6,8,10H,2-4,7H2,1H3,(H,16,19). The summed E-state index contributed by atoms with van der Waals surface area (Å²) in [5, 5.41) is 6.29. The highest BCUT2D eigenvalue weighted by molar-refractivity contribution is 7.91. The number of piperidine rings is 1. The van der Waals surface area contributed by atoms with Crippen LogP contribution in [0.3, 0.4) is 0 Å². The number of hydrogen-bond donors (Lipinski definition) is 1. The number of sulfonamides is 1. The van der Waals surface area contributed by atoms with E-state index in [0.29, 0.717) is 29.4 Å². The molecule has 2 aromatic rings. The predicted molar refractivity (Wildman–Crippen MR) is 90.7 cm³/mol. The summed E-state index contributed by atoms with van der Waals surface area (Å²) in [4.78, 5) is 12.5. The van der Waals surface area contributed by atoms with Gasteiger partial charge in [-0.15, -0.1) is 11.3 Å². The molecule has 0 aromatic carbocycles. The zero-order chi connectivity index (χ0) is 17.3. The van der Waals surface area contributed by atoms with Crippen LogP contribution in [0, 0.1) is 6.92 Å². The number of hydrogen-bond acceptors (Lipinski definition) is 6. The third-order valence-electron chi connectivity index (χ3n) is 3.74. The molecule has 1 aliphatic heterocycles. The number of thiophene rings is 1. The molecule has 7 nitrogen and oxygen atoms in total. The van der Waals surface area contributed by atoms with Crippen molar-refractivity contribution >= 4 is 44.8 Å². The van der Waals surface area contributed by atoms with Crippen LogP contribution in [0.15, 0.2) is 26.9 Å². The number of anilines is 1. The summed E-state index contributed by atoms with van der Waals surface area (Å²) in [6.07, 6.45) is 1.95. The normalized spacial score (nSPS) is 19.3. The fraction of sp³-hybridized carbons (Fsp3) is 0.429. The number of halogens is 1. The topological polar surface area (TPSA) is 92.5 Å². The molecule has 0 aliphatic carbocycles. The van der Waals surface area contributed by atoms with Gasteiger partial charge in [-0.2, -0.15) is 4.31 Å². The maximum Gasteiger partial charge on any atom is 0.253 e. The van der Waals surface area contributed by atoms with E-state index in [0.717, 1.165) is 17.8 Å². The average molecular weight is 390 g/mol. The molecular weight excluding hydrogens is 374 g/mol. The molecule has 0 radical (unpaired) electrons. The summed E-state index contributed by atoms with van der Waals surface area (Å²) in [6.45, 7) is 2.03. The second kappa shape index (κ2) is 6.83. The van der Waals surface area contributed by atoms with E-state index in [1.54, 1.807) is 13.0 Å². The second-order valence-corrected chi connectivity index (χ2v) is 9.34. The van der Waals surface area contributed by atoms with Gasteiger partial charge in [-0.05, 0) is 31.9 Å². The third kappa shape index (κ3) is 3.49. The van der Waals surface area contributed by atoms with E-state index in [1.807, 2.05) is 0 Å². The number of carbonyl (C=O) groups excluding carboxylic acids is 1. The summed E-state index contributed by atoms with van der Waals surface area (Å²) >= 11 is 6.84. The minimum absolute atomic E-state index is 0.141. The Hall–Kier alpha value is -1.42. The van der Waals surface area contributed by atoms with Gasteiger partial charge in [0.2, 0.25) is 11.8 Å². The van der Waals surface area contributed by atoms with Gasteiger partial charge in [0.1, 0.15) is 10.3 Å². The monoisotopic (exact) mass is 389 g/mol. The van der Waals surface area contributed by atoms with Crippen molar-refractivity contribution < 1.29 is 17.7 Å². The van der Waals surface area contributed by atoms with E-state index in [1.165, 1.54) is 16.4 Å². The van der Waals surface area contributed by atoms with Crippen molar-refractivity contribution in [1.29, 1.82) is 0 Å². The summed E-state index contributed by atoms with van der Waals surface area (Å²) < 4.78 is 32.4. The molecule has 24 heavy (non-hydrogen) atoms. The quantitative estimate of drug-likeness (QED) is 0.867. The SMILES string of the molecule is Cc1cc(NC(=O)C2CCCCN2S(=O)(=O)c2ccc(Cl)s2)on1. The van der Waals surface area contributed by atoms with E-state index in [-0.39, 0.29) is 10.1 Å². The first-order valence-electron chi connectivity index (χ1n) is 7.39. The Balaban J connectivity index is 1.84. The van der Waals surface area contributed by atoms with E-state index in [4.69, 9.17) is 16.1 Å². The number of nitrogens with one attached hydrogen (secondary N) is 1. The Bertz CT molecular complexity index is 846. The smallest absolute Gasteiger partial charge is 0.253 e. The van der Waals surface area contributed by atoms with Crippen LogP contribution in [-0.2, 0) is 14.8 Å². The molecule has 0 spiro atoms. The highest BCUT2D eigenvalue weighted by atomic mass is 35.5. The molecular formula is C14H16ClN3O4S2. The Morgan fingerprint density at radius 1 is 1.46 bits per heavy atom. The van der Waals surface area contributed by atoms with Gasteiger partial charge in [-0.3, -0.25) is 10.1 Å². The van der Waals surface area contributed by atoms with E-state index in [2.05, 4.69) is 10.5 Å². The Kier molecular flexibility index (Phi) is 4.95. The molecule has 1 saturated heterocycles. The Morgan fingerprint density at radius 2 is 2.25 bits per heavy atom. The highest BCUT2D eigenvalue weighted by Gasteiger charge is 2.38. The van der Waals surface area contributed by atoms with E-state index in [9.17, 15) is 13.2 Å². The van der Waals surface area contributed by atoms with Crippen molar-refractivity contribution in [3.05, 3.63) is 28.2 Å².